The van der Waals surface area contributed by atoms with Gasteiger partial charge in [0.15, 0.2) is 12.4 Å². The molecule has 2 aromatic heterocycles. The minimum Gasteiger partial charge on any atom is -0.484 e. The number of nitrogens with one attached hydrogen (secondary N) is 1. The van der Waals surface area contributed by atoms with Crippen LogP contribution in [0.15, 0.2) is 35.2 Å². The van der Waals surface area contributed by atoms with Crippen molar-refractivity contribution >= 4 is 33.2 Å². The summed E-state index contributed by atoms with van der Waals surface area (Å²) in [6.07, 6.45) is -1.81. The van der Waals surface area contributed by atoms with Crippen molar-refractivity contribution in [1.29, 1.82) is 5.26 Å². The molecular formula is C17H12BrF3N6O2S. The number of aromatic nitrogens is 4. The molecule has 3 aromatic rings. The van der Waals surface area contributed by atoms with Crippen molar-refractivity contribution in [1.82, 2.24) is 25.1 Å². The molecule has 0 aliphatic rings. The van der Waals surface area contributed by atoms with Crippen LogP contribution in [0.3, 0.4) is 0 Å². The van der Waals surface area contributed by atoms with Crippen molar-refractivity contribution in [3.63, 3.8) is 0 Å². The van der Waals surface area contributed by atoms with E-state index in [0.717, 1.165) is 11.3 Å². The van der Waals surface area contributed by atoms with Crippen LogP contribution in [0.4, 0.5) is 13.2 Å². The maximum atomic E-state index is 12.6. The Morgan fingerprint density at radius 1 is 1.40 bits per heavy atom. The molecule has 0 fully saturated rings. The first-order valence-electron chi connectivity index (χ1n) is 8.23. The van der Waals surface area contributed by atoms with Gasteiger partial charge in [0, 0.05) is 10.0 Å². The normalized spacial score (nSPS) is 12.3. The molecule has 0 aliphatic heterocycles. The zero-order valence-corrected chi connectivity index (χ0v) is 17.5. The fourth-order valence-corrected chi connectivity index (χ4v) is 3.55. The Hall–Kier alpha value is -2.98. The predicted octanol–water partition coefficient (Wildman–Crippen LogP) is 3.79. The Bertz CT molecular complexity index is 1110. The van der Waals surface area contributed by atoms with Gasteiger partial charge >= 0.3 is 6.18 Å². The molecule has 8 nitrogen and oxygen atoms in total. The molecule has 1 amide bonds. The summed E-state index contributed by atoms with van der Waals surface area (Å²) in [5, 5.41) is 16.1. The van der Waals surface area contributed by atoms with Crippen LogP contribution in [0.25, 0.3) is 5.13 Å². The molecule has 0 spiro atoms. The highest BCUT2D eigenvalue weighted by atomic mass is 79.9. The molecule has 13 heteroatoms. The summed E-state index contributed by atoms with van der Waals surface area (Å²) in [5.41, 5.74) is 0.0977. The Kier molecular flexibility index (Phi) is 6.37. The standard InChI is InChI=1S/C17H12BrF3N6O2S/c1-9(14-24-8-25-27(14)16-23-6-13(5-22)30-16)26-15(28)10-2-11(18)4-12(3-10)29-7-17(19,20)21/h2-4,6,8-9H,7H2,1H3,(H,26,28). The quantitative estimate of drug-likeness (QED) is 0.551. The third-order valence-electron chi connectivity index (χ3n) is 3.63. The van der Waals surface area contributed by atoms with Gasteiger partial charge < -0.3 is 10.1 Å². The van der Waals surface area contributed by atoms with Crippen LogP contribution in [0.2, 0.25) is 0 Å². The number of ether oxygens (including phenoxy) is 1. The van der Waals surface area contributed by atoms with Crippen molar-refractivity contribution in [2.75, 3.05) is 6.61 Å². The molecule has 1 atom stereocenters. The fourth-order valence-electron chi connectivity index (χ4n) is 2.39. The lowest BCUT2D eigenvalue weighted by Crippen LogP contribution is -2.28. The van der Waals surface area contributed by atoms with Gasteiger partial charge in [0.1, 0.15) is 23.0 Å². The van der Waals surface area contributed by atoms with Crippen LogP contribution in [0.5, 0.6) is 5.75 Å². The molecule has 3 rings (SSSR count). The average Bonchev–Trinajstić information content (AvgIpc) is 3.34. The lowest BCUT2D eigenvalue weighted by Gasteiger charge is -2.15. The van der Waals surface area contributed by atoms with Crippen LogP contribution in [-0.4, -0.2) is 38.4 Å². The second kappa shape index (κ2) is 8.80. The van der Waals surface area contributed by atoms with Crippen LogP contribution in [0.1, 0.15) is 34.0 Å². The zero-order valence-electron chi connectivity index (χ0n) is 15.1. The summed E-state index contributed by atoms with van der Waals surface area (Å²) in [7, 11) is 0. The van der Waals surface area contributed by atoms with Gasteiger partial charge in [-0.2, -0.15) is 28.2 Å². The van der Waals surface area contributed by atoms with E-state index >= 15 is 0 Å². The van der Waals surface area contributed by atoms with Gasteiger partial charge in [-0.3, -0.25) is 4.79 Å². The molecule has 0 saturated heterocycles. The minimum atomic E-state index is -4.50. The first kappa shape index (κ1) is 21.7. The van der Waals surface area contributed by atoms with E-state index in [1.807, 2.05) is 6.07 Å². The van der Waals surface area contributed by atoms with Gasteiger partial charge in [0.2, 0.25) is 5.13 Å². The van der Waals surface area contributed by atoms with Crippen LogP contribution in [-0.2, 0) is 0 Å². The molecule has 1 unspecified atom stereocenters. The van der Waals surface area contributed by atoms with E-state index in [-0.39, 0.29) is 11.3 Å². The number of hydrogen-bond donors (Lipinski definition) is 1. The molecule has 0 saturated carbocycles. The zero-order chi connectivity index (χ0) is 21.9. The Balaban J connectivity index is 1.76. The summed E-state index contributed by atoms with van der Waals surface area (Å²) >= 11 is 4.27. The molecule has 0 aliphatic carbocycles. The van der Waals surface area contributed by atoms with Crippen molar-refractivity contribution in [3.8, 4) is 17.0 Å². The van der Waals surface area contributed by atoms with Gasteiger partial charge in [0.25, 0.3) is 5.91 Å². The topological polar surface area (TPSA) is 106 Å². The van der Waals surface area contributed by atoms with Crippen molar-refractivity contribution in [2.45, 2.75) is 19.1 Å². The maximum Gasteiger partial charge on any atom is 0.422 e. The number of halogens is 4. The van der Waals surface area contributed by atoms with Crippen LogP contribution >= 0.6 is 27.3 Å². The predicted molar refractivity (Wildman–Crippen MR) is 103 cm³/mol. The van der Waals surface area contributed by atoms with Crippen molar-refractivity contribution in [2.24, 2.45) is 0 Å². The van der Waals surface area contributed by atoms with Gasteiger partial charge in [-0.1, -0.05) is 27.3 Å². The van der Waals surface area contributed by atoms with Crippen molar-refractivity contribution in [3.05, 3.63) is 51.5 Å². The molecule has 1 N–H and O–H groups in total. The second-order valence-corrected chi connectivity index (χ2v) is 7.85. The van der Waals surface area contributed by atoms with E-state index in [2.05, 4.69) is 36.3 Å². The number of hydrogen-bond acceptors (Lipinski definition) is 7. The first-order chi connectivity index (χ1) is 14.2. The van der Waals surface area contributed by atoms with E-state index in [1.54, 1.807) is 6.92 Å². The summed E-state index contributed by atoms with van der Waals surface area (Å²) < 4.78 is 43.6. The second-order valence-electron chi connectivity index (χ2n) is 5.92. The molecule has 156 valence electrons. The number of nitrogens with zero attached hydrogens (tertiary/aromatic N) is 5. The highest BCUT2D eigenvalue weighted by molar-refractivity contribution is 9.10. The highest BCUT2D eigenvalue weighted by Gasteiger charge is 2.28. The van der Waals surface area contributed by atoms with E-state index in [4.69, 9.17) is 10.00 Å². The number of rotatable bonds is 6. The van der Waals surface area contributed by atoms with Gasteiger partial charge in [-0.25, -0.2) is 9.97 Å². The monoisotopic (exact) mass is 500 g/mol. The Labute approximate surface area is 180 Å². The van der Waals surface area contributed by atoms with E-state index < -0.39 is 24.7 Å². The number of carbonyl (C=O) groups excluding carboxylic acids is 1. The lowest BCUT2D eigenvalue weighted by atomic mass is 10.2. The third-order valence-corrected chi connectivity index (χ3v) is 4.97. The van der Waals surface area contributed by atoms with E-state index in [0.29, 0.717) is 20.3 Å². The molecular weight excluding hydrogens is 489 g/mol. The van der Waals surface area contributed by atoms with Crippen LogP contribution in [0, 0.1) is 11.3 Å². The smallest absolute Gasteiger partial charge is 0.422 e. The number of carbonyl (C=O) groups is 1. The molecule has 2 heterocycles. The Morgan fingerprint density at radius 2 is 2.17 bits per heavy atom. The maximum absolute atomic E-state index is 12.6. The van der Waals surface area contributed by atoms with Gasteiger partial charge in [-0.05, 0) is 25.1 Å². The molecule has 30 heavy (non-hydrogen) atoms. The van der Waals surface area contributed by atoms with Gasteiger partial charge in [-0.15, -0.1) is 0 Å². The number of thiazole rings is 1. The average molecular weight is 501 g/mol. The summed E-state index contributed by atoms with van der Waals surface area (Å²) in [5.74, 6) is -0.285. The summed E-state index contributed by atoms with van der Waals surface area (Å²) in [6, 6.07) is 5.36. The molecule has 0 radical (unpaired) electrons. The van der Waals surface area contributed by atoms with Crippen LogP contribution < -0.4 is 10.1 Å². The SMILES string of the molecule is CC(NC(=O)c1cc(Br)cc(OCC(F)(F)F)c1)c1ncnn1-c1ncc(C#N)s1. The lowest BCUT2D eigenvalue weighted by molar-refractivity contribution is -0.153. The molecule has 1 aromatic carbocycles. The highest BCUT2D eigenvalue weighted by Crippen LogP contribution is 2.25. The van der Waals surface area contributed by atoms with Gasteiger partial charge in [0.05, 0.1) is 12.2 Å². The largest absolute Gasteiger partial charge is 0.484 e. The molecule has 0 bridgehead atoms. The number of amides is 1. The van der Waals surface area contributed by atoms with E-state index in [9.17, 15) is 18.0 Å². The summed E-state index contributed by atoms with van der Waals surface area (Å²) in [6.45, 7) is 0.193. The Morgan fingerprint density at radius 3 is 2.83 bits per heavy atom. The third kappa shape index (κ3) is 5.33. The minimum absolute atomic E-state index is 0.0977. The number of benzene rings is 1. The number of nitriles is 1. The first-order valence-corrected chi connectivity index (χ1v) is 9.84. The number of alkyl halides is 3. The van der Waals surface area contributed by atoms with Crippen molar-refractivity contribution < 1.29 is 22.7 Å². The van der Waals surface area contributed by atoms with E-state index in [1.165, 1.54) is 35.4 Å². The fraction of sp³-hybridized carbons (Fsp3) is 0.235. The summed E-state index contributed by atoms with van der Waals surface area (Å²) in [4.78, 5) is 21.3.